The van der Waals surface area contributed by atoms with Gasteiger partial charge >= 0.3 is 0 Å². The van der Waals surface area contributed by atoms with Crippen molar-refractivity contribution < 1.29 is 4.79 Å². The molecular weight excluding hydrogens is 466 g/mol. The van der Waals surface area contributed by atoms with Crippen LogP contribution in [0.5, 0.6) is 0 Å². The highest BCUT2D eigenvalue weighted by atomic mass is 35.5. The second-order valence-corrected chi connectivity index (χ2v) is 9.80. The molecule has 0 bridgehead atoms. The minimum atomic E-state index is -0.219. The fourth-order valence-electron chi connectivity index (χ4n) is 2.02. The number of thiocarbonyl (C=S) groups is 1. The molecule has 29 heavy (non-hydrogen) atoms. The third-order valence-electron chi connectivity index (χ3n) is 3.34. The molecule has 0 saturated heterocycles. The number of carbonyl (C=O) groups excluding carboxylic acids is 1. The molecule has 150 valence electrons. The number of nitrogens with one attached hydrogen (secondary N) is 3. The number of thioether (sulfide) groups is 2. The van der Waals surface area contributed by atoms with Gasteiger partial charge in [-0.15, -0.1) is 10.2 Å². The zero-order valence-electron chi connectivity index (χ0n) is 14.9. The quantitative estimate of drug-likeness (QED) is 0.257. The van der Waals surface area contributed by atoms with Gasteiger partial charge in [-0.05, 0) is 42.0 Å². The zero-order chi connectivity index (χ0) is 20.5. The van der Waals surface area contributed by atoms with Crippen LogP contribution in [0.1, 0.15) is 5.56 Å². The Morgan fingerprint density at radius 3 is 2.41 bits per heavy atom. The average Bonchev–Trinajstić information content (AvgIpc) is 3.19. The van der Waals surface area contributed by atoms with Crippen LogP contribution in [0.3, 0.4) is 0 Å². The molecule has 0 radical (unpaired) electrons. The summed E-state index contributed by atoms with van der Waals surface area (Å²) in [5, 5.41) is 12.1. The van der Waals surface area contributed by atoms with E-state index in [1.807, 2.05) is 18.2 Å². The van der Waals surface area contributed by atoms with Crippen molar-refractivity contribution in [1.29, 1.82) is 0 Å². The number of hydrazine groups is 1. The SMILES string of the molecule is O=C(CSc1nnc(SCc2ccccc2)s1)NNC(=S)Nc1ccc(Cl)cc1. The molecule has 1 amide bonds. The van der Waals surface area contributed by atoms with Crippen LogP contribution in [0, 0.1) is 0 Å². The van der Waals surface area contributed by atoms with Crippen molar-refractivity contribution in [2.75, 3.05) is 11.1 Å². The Morgan fingerprint density at radius 2 is 1.69 bits per heavy atom. The van der Waals surface area contributed by atoms with Gasteiger partial charge in [-0.3, -0.25) is 15.6 Å². The molecular formula is C18H16ClN5OS4. The Bertz CT molecular complexity index is 952. The van der Waals surface area contributed by atoms with Crippen LogP contribution >= 0.6 is 58.7 Å². The van der Waals surface area contributed by atoms with Crippen LogP contribution in [-0.2, 0) is 10.5 Å². The Hall–Kier alpha value is -1.85. The number of nitrogens with zero attached hydrogens (tertiary/aromatic N) is 2. The minimum absolute atomic E-state index is 0.203. The Kier molecular flexibility index (Phi) is 8.56. The first-order chi connectivity index (χ1) is 14.1. The summed E-state index contributed by atoms with van der Waals surface area (Å²) in [5.74, 6) is 0.820. The van der Waals surface area contributed by atoms with E-state index in [9.17, 15) is 4.79 Å². The van der Waals surface area contributed by atoms with Crippen molar-refractivity contribution in [3.8, 4) is 0 Å². The summed E-state index contributed by atoms with van der Waals surface area (Å²) >= 11 is 15.4. The number of rotatable bonds is 7. The fourth-order valence-corrected chi connectivity index (χ4v) is 5.09. The normalized spacial score (nSPS) is 10.4. The molecule has 6 nitrogen and oxygen atoms in total. The van der Waals surface area contributed by atoms with E-state index in [1.165, 1.54) is 28.7 Å². The number of carbonyl (C=O) groups is 1. The van der Waals surface area contributed by atoms with E-state index in [0.29, 0.717) is 5.02 Å². The second kappa shape index (κ2) is 11.4. The molecule has 0 aliphatic carbocycles. The molecule has 1 heterocycles. The molecule has 0 aliphatic heterocycles. The number of hydrogen-bond donors (Lipinski definition) is 3. The first kappa shape index (κ1) is 21.8. The maximum atomic E-state index is 12.0. The first-order valence-corrected chi connectivity index (χ1v) is 11.9. The molecule has 0 unspecified atom stereocenters. The monoisotopic (exact) mass is 481 g/mol. The molecule has 1 aromatic heterocycles. The molecule has 0 fully saturated rings. The van der Waals surface area contributed by atoms with Crippen LogP contribution in [0.2, 0.25) is 5.02 Å². The van der Waals surface area contributed by atoms with Gasteiger partial charge in [0.2, 0.25) is 5.91 Å². The fraction of sp³-hybridized carbons (Fsp3) is 0.111. The van der Waals surface area contributed by atoms with E-state index in [2.05, 4.69) is 38.5 Å². The summed E-state index contributed by atoms with van der Waals surface area (Å²) in [6, 6.07) is 17.2. The third-order valence-corrected chi connectivity index (χ3v) is 7.05. The van der Waals surface area contributed by atoms with E-state index >= 15 is 0 Å². The zero-order valence-corrected chi connectivity index (χ0v) is 18.9. The maximum absolute atomic E-state index is 12.0. The maximum Gasteiger partial charge on any atom is 0.248 e. The molecule has 0 spiro atoms. The predicted octanol–water partition coefficient (Wildman–Crippen LogP) is 4.59. The summed E-state index contributed by atoms with van der Waals surface area (Å²) in [4.78, 5) is 12.0. The van der Waals surface area contributed by atoms with Crippen LogP contribution in [0.4, 0.5) is 5.69 Å². The molecule has 3 rings (SSSR count). The lowest BCUT2D eigenvalue weighted by molar-refractivity contribution is -0.119. The molecule has 3 aromatic rings. The second-order valence-electron chi connectivity index (χ2n) is 5.53. The van der Waals surface area contributed by atoms with Gasteiger partial charge in [0, 0.05) is 16.5 Å². The summed E-state index contributed by atoms with van der Waals surface area (Å²) < 4.78 is 1.63. The number of hydrogen-bond acceptors (Lipinski definition) is 7. The van der Waals surface area contributed by atoms with E-state index in [0.717, 1.165) is 20.1 Å². The van der Waals surface area contributed by atoms with E-state index in [1.54, 1.807) is 36.0 Å². The van der Waals surface area contributed by atoms with Crippen LogP contribution < -0.4 is 16.2 Å². The van der Waals surface area contributed by atoms with Gasteiger partial charge in [0.15, 0.2) is 13.8 Å². The summed E-state index contributed by atoms with van der Waals surface area (Å²) in [5.41, 5.74) is 7.21. The van der Waals surface area contributed by atoms with Crippen molar-refractivity contribution in [2.24, 2.45) is 0 Å². The lowest BCUT2D eigenvalue weighted by Gasteiger charge is -2.11. The van der Waals surface area contributed by atoms with Crippen molar-refractivity contribution in [3.63, 3.8) is 0 Å². The highest BCUT2D eigenvalue weighted by Gasteiger charge is 2.09. The average molecular weight is 482 g/mol. The molecule has 3 N–H and O–H groups in total. The van der Waals surface area contributed by atoms with Gasteiger partial charge < -0.3 is 5.32 Å². The van der Waals surface area contributed by atoms with Crippen LogP contribution in [0.15, 0.2) is 63.3 Å². The highest BCUT2D eigenvalue weighted by molar-refractivity contribution is 8.03. The van der Waals surface area contributed by atoms with Gasteiger partial charge in [-0.2, -0.15) is 0 Å². The van der Waals surface area contributed by atoms with Gasteiger partial charge in [0.1, 0.15) is 0 Å². The van der Waals surface area contributed by atoms with Crippen LogP contribution in [0.25, 0.3) is 0 Å². The largest absolute Gasteiger partial charge is 0.331 e. The number of aromatic nitrogens is 2. The number of benzene rings is 2. The van der Waals surface area contributed by atoms with Gasteiger partial charge in [0.25, 0.3) is 0 Å². The first-order valence-electron chi connectivity index (χ1n) is 8.33. The standard InChI is InChI=1S/C18H16ClN5OS4/c19-13-6-8-14(9-7-13)20-16(26)22-21-15(25)11-28-18-24-23-17(29-18)27-10-12-4-2-1-3-5-12/h1-9H,10-11H2,(H,21,25)(H2,20,22,26). The smallest absolute Gasteiger partial charge is 0.248 e. The lowest BCUT2D eigenvalue weighted by Crippen LogP contribution is -2.44. The molecule has 0 atom stereocenters. The topological polar surface area (TPSA) is 78.9 Å². The minimum Gasteiger partial charge on any atom is -0.331 e. The Labute approximate surface area is 191 Å². The van der Waals surface area contributed by atoms with E-state index in [-0.39, 0.29) is 16.8 Å². The van der Waals surface area contributed by atoms with Gasteiger partial charge in [-0.25, -0.2) is 0 Å². The summed E-state index contributed by atoms with van der Waals surface area (Å²) in [6.45, 7) is 0. The Morgan fingerprint density at radius 1 is 1.00 bits per heavy atom. The summed E-state index contributed by atoms with van der Waals surface area (Å²) in [7, 11) is 0. The molecule has 11 heteroatoms. The van der Waals surface area contributed by atoms with Crippen molar-refractivity contribution >= 4 is 75.4 Å². The Balaban J connectivity index is 1.35. The van der Waals surface area contributed by atoms with Gasteiger partial charge in [0.05, 0.1) is 5.75 Å². The van der Waals surface area contributed by atoms with Crippen molar-refractivity contribution in [1.82, 2.24) is 21.0 Å². The van der Waals surface area contributed by atoms with Crippen molar-refractivity contribution in [3.05, 3.63) is 65.2 Å². The highest BCUT2D eigenvalue weighted by Crippen LogP contribution is 2.30. The van der Waals surface area contributed by atoms with E-state index in [4.69, 9.17) is 23.8 Å². The number of amides is 1. The number of halogens is 1. The van der Waals surface area contributed by atoms with Crippen LogP contribution in [-0.4, -0.2) is 27.0 Å². The predicted molar refractivity (Wildman–Crippen MR) is 126 cm³/mol. The third kappa shape index (κ3) is 7.82. The van der Waals surface area contributed by atoms with Gasteiger partial charge in [-0.1, -0.05) is 76.8 Å². The molecule has 0 aliphatic rings. The number of anilines is 1. The summed E-state index contributed by atoms with van der Waals surface area (Å²) in [6.07, 6.45) is 0. The van der Waals surface area contributed by atoms with Crippen molar-refractivity contribution in [2.45, 2.75) is 14.4 Å². The molecule has 2 aromatic carbocycles. The lowest BCUT2D eigenvalue weighted by atomic mass is 10.2. The van der Waals surface area contributed by atoms with E-state index < -0.39 is 0 Å². The molecule has 0 saturated carbocycles.